The number of nitrogens with one attached hydrogen (secondary N) is 1. The van der Waals surface area contributed by atoms with Gasteiger partial charge in [-0.05, 0) is 26.8 Å². The summed E-state index contributed by atoms with van der Waals surface area (Å²) >= 11 is 1.45. The molecule has 0 aliphatic rings. The molecule has 0 fully saturated rings. The van der Waals surface area contributed by atoms with Crippen LogP contribution in [0.4, 0.5) is 0 Å². The second kappa shape index (κ2) is 4.61. The molecule has 0 unspecified atom stereocenters. The predicted octanol–water partition coefficient (Wildman–Crippen LogP) is 1.02. The molecule has 0 radical (unpaired) electrons. The van der Waals surface area contributed by atoms with E-state index in [-0.39, 0.29) is 6.61 Å². The van der Waals surface area contributed by atoms with Gasteiger partial charge in [-0.2, -0.15) is 0 Å². The highest BCUT2D eigenvalue weighted by atomic mass is 32.2. The zero-order valence-corrected chi connectivity index (χ0v) is 10.6. The second-order valence-electron chi connectivity index (χ2n) is 3.48. The summed E-state index contributed by atoms with van der Waals surface area (Å²) in [5, 5.41) is 8.80. The number of aliphatic hydroxyl groups excluding tert-OH is 1. The van der Waals surface area contributed by atoms with Crippen LogP contribution in [0.15, 0.2) is 11.0 Å². The number of aryl methyl sites for hydroxylation is 2. The van der Waals surface area contributed by atoms with Gasteiger partial charge < -0.3 is 5.11 Å². The average molecular weight is 249 g/mol. The summed E-state index contributed by atoms with van der Waals surface area (Å²) in [7, 11) is -3.48. The lowest BCUT2D eigenvalue weighted by Crippen LogP contribution is -2.35. The van der Waals surface area contributed by atoms with Gasteiger partial charge in [0.15, 0.2) is 0 Å². The van der Waals surface area contributed by atoms with Crippen LogP contribution < -0.4 is 4.72 Å². The molecule has 1 rings (SSSR count). The first kappa shape index (κ1) is 12.6. The minimum Gasteiger partial charge on any atom is -0.395 e. The molecule has 0 saturated heterocycles. The van der Waals surface area contributed by atoms with Gasteiger partial charge in [0, 0.05) is 15.8 Å². The quantitative estimate of drug-likeness (QED) is 0.837. The Kier molecular flexibility index (Phi) is 3.88. The van der Waals surface area contributed by atoms with Gasteiger partial charge in [0.25, 0.3) is 0 Å². The van der Waals surface area contributed by atoms with Crippen molar-refractivity contribution in [3.8, 4) is 0 Å². The third-order valence-corrected chi connectivity index (χ3v) is 4.73. The second-order valence-corrected chi connectivity index (χ2v) is 6.63. The van der Waals surface area contributed by atoms with Crippen molar-refractivity contribution in [1.29, 1.82) is 0 Å². The Morgan fingerprint density at radius 3 is 2.53 bits per heavy atom. The van der Waals surface area contributed by atoms with Gasteiger partial charge in [-0.3, -0.25) is 0 Å². The first-order valence-electron chi connectivity index (χ1n) is 4.57. The van der Waals surface area contributed by atoms with Crippen LogP contribution in [0.2, 0.25) is 0 Å². The zero-order valence-electron chi connectivity index (χ0n) is 8.94. The van der Waals surface area contributed by atoms with Crippen LogP contribution in [-0.2, 0) is 10.0 Å². The maximum atomic E-state index is 11.8. The molecule has 0 amide bonds. The van der Waals surface area contributed by atoms with E-state index >= 15 is 0 Å². The highest BCUT2D eigenvalue weighted by Crippen LogP contribution is 2.24. The largest absolute Gasteiger partial charge is 0.395 e. The summed E-state index contributed by atoms with van der Waals surface area (Å²) in [6.45, 7) is 5.05. The highest BCUT2D eigenvalue weighted by molar-refractivity contribution is 7.89. The van der Waals surface area contributed by atoms with Gasteiger partial charge in [0.1, 0.15) is 0 Å². The average Bonchev–Trinajstić information content (AvgIpc) is 2.45. The molecule has 1 aromatic heterocycles. The van der Waals surface area contributed by atoms with Crippen LogP contribution in [0.25, 0.3) is 0 Å². The Hall–Kier alpha value is -0.430. The smallest absolute Gasteiger partial charge is 0.241 e. The number of sulfonamides is 1. The summed E-state index contributed by atoms with van der Waals surface area (Å²) in [5.41, 5.74) is 0. The molecule has 1 heterocycles. The Balaban J connectivity index is 3.01. The monoisotopic (exact) mass is 249 g/mol. The van der Waals surface area contributed by atoms with Gasteiger partial charge in [-0.1, -0.05) is 0 Å². The molecular weight excluding hydrogens is 234 g/mol. The Morgan fingerprint density at radius 2 is 2.13 bits per heavy atom. The van der Waals surface area contributed by atoms with E-state index in [2.05, 4.69) is 4.72 Å². The van der Waals surface area contributed by atoms with Crippen LogP contribution in [0.1, 0.15) is 16.7 Å². The number of aliphatic hydroxyl groups is 1. The van der Waals surface area contributed by atoms with Crippen molar-refractivity contribution < 1.29 is 13.5 Å². The molecule has 0 aliphatic carbocycles. The van der Waals surface area contributed by atoms with E-state index in [1.807, 2.05) is 6.92 Å². The number of thiophene rings is 1. The van der Waals surface area contributed by atoms with Gasteiger partial charge in [-0.25, -0.2) is 13.1 Å². The Labute approximate surface area is 94.0 Å². The van der Waals surface area contributed by atoms with Crippen molar-refractivity contribution in [2.75, 3.05) is 6.61 Å². The summed E-state index contributed by atoms with van der Waals surface area (Å²) in [5.74, 6) is 0. The van der Waals surface area contributed by atoms with E-state index in [0.717, 1.165) is 9.75 Å². The molecule has 1 atom stereocenters. The maximum Gasteiger partial charge on any atom is 0.241 e. The molecule has 0 bridgehead atoms. The lowest BCUT2D eigenvalue weighted by Gasteiger charge is -2.10. The van der Waals surface area contributed by atoms with Crippen molar-refractivity contribution in [3.05, 3.63) is 15.8 Å². The van der Waals surface area contributed by atoms with Crippen LogP contribution in [-0.4, -0.2) is 26.2 Å². The van der Waals surface area contributed by atoms with Crippen LogP contribution in [0, 0.1) is 13.8 Å². The minimum absolute atomic E-state index is 0.207. The molecule has 6 heteroatoms. The maximum absolute atomic E-state index is 11.8. The van der Waals surface area contributed by atoms with E-state index < -0.39 is 16.1 Å². The first-order valence-corrected chi connectivity index (χ1v) is 6.87. The minimum atomic E-state index is -3.48. The summed E-state index contributed by atoms with van der Waals surface area (Å²) in [4.78, 5) is 2.04. The Morgan fingerprint density at radius 1 is 1.53 bits per heavy atom. The molecule has 15 heavy (non-hydrogen) atoms. The van der Waals surface area contributed by atoms with Gasteiger partial charge in [-0.15, -0.1) is 11.3 Å². The third kappa shape index (κ3) is 3.01. The fourth-order valence-corrected chi connectivity index (χ4v) is 4.03. The summed E-state index contributed by atoms with van der Waals surface area (Å²) < 4.78 is 26.0. The van der Waals surface area contributed by atoms with Crippen molar-refractivity contribution in [2.24, 2.45) is 0 Å². The fraction of sp³-hybridized carbons (Fsp3) is 0.556. The van der Waals surface area contributed by atoms with E-state index in [1.165, 1.54) is 11.3 Å². The van der Waals surface area contributed by atoms with E-state index in [0.29, 0.717) is 4.90 Å². The normalized spacial score (nSPS) is 14.1. The summed E-state index contributed by atoms with van der Waals surface area (Å²) in [6, 6.07) is 1.18. The van der Waals surface area contributed by atoms with Crippen molar-refractivity contribution in [3.63, 3.8) is 0 Å². The molecule has 86 valence electrons. The molecule has 0 saturated carbocycles. The number of hydrogen-bond acceptors (Lipinski definition) is 4. The van der Waals surface area contributed by atoms with E-state index in [9.17, 15) is 8.42 Å². The van der Waals surface area contributed by atoms with Crippen LogP contribution in [0.3, 0.4) is 0 Å². The predicted molar refractivity (Wildman–Crippen MR) is 60.7 cm³/mol. The first-order chi connectivity index (χ1) is 6.86. The van der Waals surface area contributed by atoms with Gasteiger partial charge in [0.05, 0.1) is 11.5 Å². The SMILES string of the molecule is Cc1cc(S(=O)(=O)N[C@H](C)CO)c(C)s1. The lowest BCUT2D eigenvalue weighted by atomic mass is 10.4. The molecule has 0 spiro atoms. The molecule has 1 aromatic rings. The number of rotatable bonds is 4. The molecule has 2 N–H and O–H groups in total. The third-order valence-electron chi connectivity index (χ3n) is 1.92. The molecule has 4 nitrogen and oxygen atoms in total. The van der Waals surface area contributed by atoms with Gasteiger partial charge in [0.2, 0.25) is 10.0 Å². The van der Waals surface area contributed by atoms with Crippen LogP contribution >= 0.6 is 11.3 Å². The zero-order chi connectivity index (χ0) is 11.6. The van der Waals surface area contributed by atoms with Crippen molar-refractivity contribution in [2.45, 2.75) is 31.7 Å². The van der Waals surface area contributed by atoms with E-state index in [1.54, 1.807) is 19.9 Å². The van der Waals surface area contributed by atoms with Gasteiger partial charge >= 0.3 is 0 Å². The Bertz CT molecular complexity index is 436. The molecule has 0 aromatic carbocycles. The molecule has 0 aliphatic heterocycles. The standard InChI is InChI=1S/C9H15NO3S2/c1-6(5-11)10-15(12,13)9-4-7(2)14-8(9)3/h4,6,10-11H,5H2,1-3H3/t6-/m1/s1. The topological polar surface area (TPSA) is 66.4 Å². The molecular formula is C9H15NO3S2. The fourth-order valence-electron chi connectivity index (χ4n) is 1.24. The number of hydrogen-bond donors (Lipinski definition) is 2. The van der Waals surface area contributed by atoms with Crippen molar-refractivity contribution in [1.82, 2.24) is 4.72 Å². The summed E-state index contributed by atoms with van der Waals surface area (Å²) in [6.07, 6.45) is 0. The lowest BCUT2D eigenvalue weighted by molar-refractivity contribution is 0.265. The van der Waals surface area contributed by atoms with Crippen LogP contribution in [0.5, 0.6) is 0 Å². The van der Waals surface area contributed by atoms with E-state index in [4.69, 9.17) is 5.11 Å². The highest BCUT2D eigenvalue weighted by Gasteiger charge is 2.20. The van der Waals surface area contributed by atoms with Crippen molar-refractivity contribution >= 4 is 21.4 Å².